The van der Waals surface area contributed by atoms with Gasteiger partial charge in [-0.05, 0) is 32.6 Å². The van der Waals surface area contributed by atoms with Crippen LogP contribution < -0.4 is 21.7 Å². The number of nitrogens with two attached hydrogens (primary N) is 1. The van der Waals surface area contributed by atoms with E-state index in [1.54, 1.807) is 7.05 Å². The molecule has 2 rings (SSSR count). The fourth-order valence-corrected chi connectivity index (χ4v) is 3.36. The lowest BCUT2D eigenvalue weighted by Gasteiger charge is -2.14. The Kier molecular flexibility index (Phi) is 4.72. The summed E-state index contributed by atoms with van der Waals surface area (Å²) in [5.74, 6) is 0.126. The van der Waals surface area contributed by atoms with Gasteiger partial charge >= 0.3 is 0 Å². The molecule has 1 heterocycles. The van der Waals surface area contributed by atoms with Gasteiger partial charge < -0.3 is 21.7 Å². The highest BCUT2D eigenvalue weighted by Gasteiger charge is 2.31. The summed E-state index contributed by atoms with van der Waals surface area (Å²) < 4.78 is 0. The molecule has 0 aliphatic heterocycles. The summed E-state index contributed by atoms with van der Waals surface area (Å²) in [5, 5.41) is 9.32. The molecule has 1 saturated carbocycles. The van der Waals surface area contributed by atoms with Crippen molar-refractivity contribution >= 4 is 33.8 Å². The summed E-state index contributed by atoms with van der Waals surface area (Å²) in [7, 11) is 1.55. The Morgan fingerprint density at radius 2 is 2.05 bits per heavy atom. The van der Waals surface area contributed by atoms with Gasteiger partial charge in [-0.15, -0.1) is 11.3 Å². The van der Waals surface area contributed by atoms with Crippen LogP contribution >= 0.6 is 11.3 Å². The minimum atomic E-state index is -0.273. The third-order valence-corrected chi connectivity index (χ3v) is 4.77. The lowest BCUT2D eigenvalue weighted by molar-refractivity contribution is 0.0959. The maximum absolute atomic E-state index is 12.1. The van der Waals surface area contributed by atoms with Crippen LogP contribution in [0.1, 0.15) is 46.7 Å². The number of anilines is 2. The summed E-state index contributed by atoms with van der Waals surface area (Å²) in [6, 6.07) is 0.272. The van der Waals surface area contributed by atoms with E-state index in [4.69, 9.17) is 5.73 Å². The Morgan fingerprint density at radius 1 is 1.38 bits per heavy atom. The molecule has 7 heteroatoms. The lowest BCUT2D eigenvalue weighted by atomic mass is 10.2. The van der Waals surface area contributed by atoms with Crippen LogP contribution in [0.4, 0.5) is 10.7 Å². The highest BCUT2D eigenvalue weighted by molar-refractivity contribution is 7.19. The number of hydrogen-bond acceptors (Lipinski definition) is 5. The van der Waals surface area contributed by atoms with E-state index in [9.17, 15) is 9.59 Å². The van der Waals surface area contributed by atoms with Gasteiger partial charge in [-0.3, -0.25) is 9.59 Å². The van der Waals surface area contributed by atoms with Crippen LogP contribution in [0.25, 0.3) is 0 Å². The first-order valence-electron chi connectivity index (χ1n) is 7.18. The van der Waals surface area contributed by atoms with E-state index in [0.29, 0.717) is 27.9 Å². The normalized spacial score (nSPS) is 15.4. The number of thiophene rings is 1. The monoisotopic (exact) mass is 310 g/mol. The predicted octanol–water partition coefficient (Wildman–Crippen LogP) is 1.65. The molecule has 1 aromatic rings. The first kappa shape index (κ1) is 15.6. The van der Waals surface area contributed by atoms with Crippen LogP contribution in [0.5, 0.6) is 0 Å². The van der Waals surface area contributed by atoms with E-state index in [2.05, 4.69) is 22.9 Å². The first-order valence-corrected chi connectivity index (χ1v) is 8.00. The zero-order valence-corrected chi connectivity index (χ0v) is 13.4. The Morgan fingerprint density at radius 3 is 2.57 bits per heavy atom. The molecule has 6 nitrogen and oxygen atoms in total. The summed E-state index contributed by atoms with van der Waals surface area (Å²) in [4.78, 5) is 24.5. The second-order valence-electron chi connectivity index (χ2n) is 5.26. The summed E-state index contributed by atoms with van der Waals surface area (Å²) >= 11 is 1.24. The van der Waals surface area contributed by atoms with Gasteiger partial charge in [0.05, 0.1) is 11.3 Å². The molecule has 0 bridgehead atoms. The van der Waals surface area contributed by atoms with Crippen LogP contribution in [0, 0.1) is 5.92 Å². The molecule has 0 aromatic carbocycles. The van der Waals surface area contributed by atoms with Crippen molar-refractivity contribution in [3.63, 3.8) is 0 Å². The van der Waals surface area contributed by atoms with Crippen molar-refractivity contribution in [3.8, 4) is 0 Å². The molecule has 1 aromatic heterocycles. The second kappa shape index (κ2) is 6.34. The van der Waals surface area contributed by atoms with Crippen molar-refractivity contribution in [1.29, 1.82) is 0 Å². The minimum absolute atomic E-state index is 0.239. The van der Waals surface area contributed by atoms with Gasteiger partial charge in [-0.1, -0.05) is 0 Å². The van der Waals surface area contributed by atoms with E-state index >= 15 is 0 Å². The second-order valence-corrected chi connectivity index (χ2v) is 6.28. The molecular formula is C14H22N4O2S. The molecule has 1 aliphatic rings. The van der Waals surface area contributed by atoms with Gasteiger partial charge in [0.2, 0.25) is 0 Å². The molecule has 1 atom stereocenters. The molecule has 0 spiro atoms. The van der Waals surface area contributed by atoms with Crippen molar-refractivity contribution in [3.05, 3.63) is 10.4 Å². The van der Waals surface area contributed by atoms with Crippen molar-refractivity contribution in [2.75, 3.05) is 24.6 Å². The Hall–Kier alpha value is -1.76. The molecule has 1 unspecified atom stereocenters. The van der Waals surface area contributed by atoms with Crippen molar-refractivity contribution < 1.29 is 9.59 Å². The Labute approximate surface area is 128 Å². The lowest BCUT2D eigenvalue weighted by Crippen LogP contribution is -2.24. The highest BCUT2D eigenvalue weighted by Crippen LogP contribution is 2.39. The highest BCUT2D eigenvalue weighted by atomic mass is 32.1. The van der Waals surface area contributed by atoms with Crippen LogP contribution in [0.3, 0.4) is 0 Å². The number of nitrogens with one attached hydrogen (secondary N) is 3. The first-order chi connectivity index (χ1) is 9.99. The van der Waals surface area contributed by atoms with E-state index in [-0.39, 0.29) is 23.5 Å². The molecule has 5 N–H and O–H groups in total. The van der Waals surface area contributed by atoms with E-state index in [0.717, 1.165) is 0 Å². The fraction of sp³-hybridized carbons (Fsp3) is 0.571. The smallest absolute Gasteiger partial charge is 0.263 e. The standard InChI is InChI=1S/C14H22N4O2S/c1-4-17-13(20)11-10(15)9(12(19)16-3)14(21-11)18-7(2)8-5-6-8/h7-8,18H,4-6,15H2,1-3H3,(H,16,19)(H,17,20). The third-order valence-electron chi connectivity index (χ3n) is 3.63. The Bertz CT molecular complexity index is 551. The number of carbonyl (C=O) groups excluding carboxylic acids is 2. The molecule has 0 saturated heterocycles. The number of amides is 2. The van der Waals surface area contributed by atoms with Gasteiger partial charge in [0.15, 0.2) is 0 Å². The Balaban J connectivity index is 2.33. The number of carbonyl (C=O) groups is 2. The number of rotatable bonds is 6. The molecule has 1 fully saturated rings. The van der Waals surface area contributed by atoms with Crippen molar-refractivity contribution in [2.45, 2.75) is 32.7 Å². The molecule has 116 valence electrons. The molecule has 1 aliphatic carbocycles. The molecule has 2 amide bonds. The van der Waals surface area contributed by atoms with E-state index in [1.807, 2.05) is 6.92 Å². The van der Waals surface area contributed by atoms with Crippen LogP contribution in [-0.2, 0) is 0 Å². The number of nitrogen functional groups attached to an aromatic ring is 1. The average Bonchev–Trinajstić information content (AvgIpc) is 3.24. The van der Waals surface area contributed by atoms with Gasteiger partial charge in [-0.2, -0.15) is 0 Å². The topological polar surface area (TPSA) is 96.2 Å². The molecular weight excluding hydrogens is 288 g/mol. The summed E-state index contributed by atoms with van der Waals surface area (Å²) in [6.45, 7) is 4.45. The van der Waals surface area contributed by atoms with E-state index < -0.39 is 0 Å². The summed E-state index contributed by atoms with van der Waals surface area (Å²) in [5.41, 5.74) is 6.65. The number of hydrogen-bond donors (Lipinski definition) is 4. The van der Waals surface area contributed by atoms with E-state index in [1.165, 1.54) is 24.2 Å². The van der Waals surface area contributed by atoms with Crippen LogP contribution in [0.2, 0.25) is 0 Å². The maximum atomic E-state index is 12.1. The quantitative estimate of drug-likeness (QED) is 0.642. The van der Waals surface area contributed by atoms with Gasteiger partial charge in [0.1, 0.15) is 9.88 Å². The molecule has 0 radical (unpaired) electrons. The van der Waals surface area contributed by atoms with Gasteiger partial charge in [0, 0.05) is 19.6 Å². The van der Waals surface area contributed by atoms with Crippen LogP contribution in [0.15, 0.2) is 0 Å². The maximum Gasteiger partial charge on any atom is 0.263 e. The largest absolute Gasteiger partial charge is 0.397 e. The summed E-state index contributed by atoms with van der Waals surface area (Å²) in [6.07, 6.45) is 2.40. The van der Waals surface area contributed by atoms with Crippen LogP contribution in [-0.4, -0.2) is 31.4 Å². The molecule has 21 heavy (non-hydrogen) atoms. The average molecular weight is 310 g/mol. The van der Waals surface area contributed by atoms with Crippen molar-refractivity contribution in [1.82, 2.24) is 10.6 Å². The third kappa shape index (κ3) is 3.29. The minimum Gasteiger partial charge on any atom is -0.397 e. The zero-order valence-electron chi connectivity index (χ0n) is 12.6. The zero-order chi connectivity index (χ0) is 15.6. The van der Waals surface area contributed by atoms with Gasteiger partial charge in [-0.25, -0.2) is 0 Å². The predicted molar refractivity (Wildman–Crippen MR) is 85.9 cm³/mol. The fourth-order valence-electron chi connectivity index (χ4n) is 2.23. The SMILES string of the molecule is CCNC(=O)c1sc(NC(C)C2CC2)c(C(=O)NC)c1N. The van der Waals surface area contributed by atoms with Crippen molar-refractivity contribution in [2.24, 2.45) is 5.92 Å². The van der Waals surface area contributed by atoms with Gasteiger partial charge in [0.25, 0.3) is 11.8 Å².